The van der Waals surface area contributed by atoms with Crippen molar-refractivity contribution in [2.75, 3.05) is 6.26 Å². The van der Waals surface area contributed by atoms with Crippen LogP contribution in [0.1, 0.15) is 40.5 Å². The molecular formula is C16H19N3O3S. The number of sulfone groups is 1. The summed E-state index contributed by atoms with van der Waals surface area (Å²) in [4.78, 5) is 12.6. The van der Waals surface area contributed by atoms with Crippen LogP contribution >= 0.6 is 0 Å². The molecule has 1 aromatic heterocycles. The van der Waals surface area contributed by atoms with Crippen LogP contribution in [0, 0.1) is 0 Å². The van der Waals surface area contributed by atoms with Crippen molar-refractivity contribution in [3.63, 3.8) is 0 Å². The van der Waals surface area contributed by atoms with Crippen LogP contribution in [0.3, 0.4) is 0 Å². The van der Waals surface area contributed by atoms with Crippen LogP contribution in [0.2, 0.25) is 0 Å². The van der Waals surface area contributed by atoms with Crippen molar-refractivity contribution in [2.24, 2.45) is 7.05 Å². The first-order valence-corrected chi connectivity index (χ1v) is 9.37. The summed E-state index contributed by atoms with van der Waals surface area (Å²) in [6.45, 7) is 0. The SMILES string of the molecule is Cn1ncc2c1CCC[C@H]2NC(=O)c1ccc(S(C)(=O)=O)cc1. The van der Waals surface area contributed by atoms with Crippen LogP contribution < -0.4 is 5.32 Å². The number of aromatic nitrogens is 2. The van der Waals surface area contributed by atoms with Gasteiger partial charge in [0.05, 0.1) is 17.1 Å². The van der Waals surface area contributed by atoms with E-state index in [9.17, 15) is 13.2 Å². The van der Waals surface area contributed by atoms with Crippen molar-refractivity contribution in [1.82, 2.24) is 15.1 Å². The largest absolute Gasteiger partial charge is 0.345 e. The van der Waals surface area contributed by atoms with Crippen molar-refractivity contribution >= 4 is 15.7 Å². The molecule has 0 unspecified atom stereocenters. The molecule has 0 fully saturated rings. The van der Waals surface area contributed by atoms with Gasteiger partial charge in [0, 0.05) is 30.1 Å². The zero-order valence-corrected chi connectivity index (χ0v) is 13.9. The number of nitrogens with zero attached hydrogens (tertiary/aromatic N) is 2. The maximum atomic E-state index is 12.4. The van der Waals surface area contributed by atoms with E-state index in [4.69, 9.17) is 0 Å². The lowest BCUT2D eigenvalue weighted by atomic mass is 9.93. The number of benzene rings is 1. The Hall–Kier alpha value is -2.15. The fourth-order valence-electron chi connectivity index (χ4n) is 2.95. The number of carbonyl (C=O) groups is 1. The van der Waals surface area contributed by atoms with E-state index in [2.05, 4.69) is 10.4 Å². The zero-order valence-electron chi connectivity index (χ0n) is 13.1. The third-order valence-electron chi connectivity index (χ3n) is 4.23. The molecule has 0 aliphatic heterocycles. The Kier molecular flexibility index (Phi) is 3.97. The molecule has 0 bridgehead atoms. The molecule has 0 spiro atoms. The van der Waals surface area contributed by atoms with E-state index in [1.165, 1.54) is 12.1 Å². The second-order valence-corrected chi connectivity index (χ2v) is 7.90. The van der Waals surface area contributed by atoms with E-state index in [1.54, 1.807) is 12.1 Å². The molecule has 1 aliphatic rings. The summed E-state index contributed by atoms with van der Waals surface area (Å²) in [5.74, 6) is -0.202. The minimum atomic E-state index is -3.25. The van der Waals surface area contributed by atoms with Gasteiger partial charge in [0.15, 0.2) is 9.84 Å². The molecule has 2 aromatic rings. The predicted molar refractivity (Wildman–Crippen MR) is 85.9 cm³/mol. The first-order chi connectivity index (χ1) is 10.9. The van der Waals surface area contributed by atoms with Crippen LogP contribution in [0.25, 0.3) is 0 Å². The molecule has 1 heterocycles. The smallest absolute Gasteiger partial charge is 0.251 e. The average molecular weight is 333 g/mol. The number of carbonyl (C=O) groups excluding carboxylic acids is 1. The molecular weight excluding hydrogens is 314 g/mol. The van der Waals surface area contributed by atoms with Crippen LogP contribution in [0.4, 0.5) is 0 Å². The number of rotatable bonds is 3. The molecule has 122 valence electrons. The van der Waals surface area contributed by atoms with Crippen molar-refractivity contribution in [2.45, 2.75) is 30.2 Å². The van der Waals surface area contributed by atoms with Crippen LogP contribution in [0.15, 0.2) is 35.4 Å². The standard InChI is InChI=1S/C16H19N3O3S/c1-19-15-5-3-4-14(13(15)10-17-19)18-16(20)11-6-8-12(9-7-11)23(2,21)22/h6-10,14H,3-5H2,1-2H3,(H,18,20)/t14-/m1/s1. The molecule has 0 radical (unpaired) electrons. The molecule has 1 atom stereocenters. The van der Waals surface area contributed by atoms with Crippen molar-refractivity contribution < 1.29 is 13.2 Å². The van der Waals surface area contributed by atoms with Gasteiger partial charge in [-0.25, -0.2) is 8.42 Å². The molecule has 1 aromatic carbocycles. The number of hydrogen-bond acceptors (Lipinski definition) is 4. The summed E-state index contributed by atoms with van der Waals surface area (Å²) < 4.78 is 24.8. The van der Waals surface area contributed by atoms with Crippen LogP contribution in [-0.4, -0.2) is 30.4 Å². The molecule has 7 heteroatoms. The summed E-state index contributed by atoms with van der Waals surface area (Å²) >= 11 is 0. The van der Waals surface area contributed by atoms with Gasteiger partial charge in [0.2, 0.25) is 0 Å². The molecule has 1 aliphatic carbocycles. The highest BCUT2D eigenvalue weighted by atomic mass is 32.2. The van der Waals surface area contributed by atoms with E-state index in [0.717, 1.165) is 36.8 Å². The van der Waals surface area contributed by atoms with Gasteiger partial charge in [0.1, 0.15) is 0 Å². The topological polar surface area (TPSA) is 81.1 Å². The average Bonchev–Trinajstić information content (AvgIpc) is 2.89. The molecule has 1 amide bonds. The van der Waals surface area contributed by atoms with E-state index in [1.807, 2.05) is 17.9 Å². The fraction of sp³-hybridized carbons (Fsp3) is 0.375. The zero-order chi connectivity index (χ0) is 16.6. The van der Waals surface area contributed by atoms with Gasteiger partial charge >= 0.3 is 0 Å². The summed E-state index contributed by atoms with van der Waals surface area (Å²) in [6, 6.07) is 5.95. The highest BCUT2D eigenvalue weighted by Crippen LogP contribution is 2.29. The van der Waals surface area contributed by atoms with Crippen LogP contribution in [-0.2, 0) is 23.3 Å². The first kappa shape index (κ1) is 15.7. The van der Waals surface area contributed by atoms with E-state index < -0.39 is 9.84 Å². The Balaban J connectivity index is 1.78. The van der Waals surface area contributed by atoms with Crippen molar-refractivity contribution in [3.05, 3.63) is 47.3 Å². The van der Waals surface area contributed by atoms with Gasteiger partial charge in [0.25, 0.3) is 5.91 Å². The highest BCUT2D eigenvalue weighted by Gasteiger charge is 2.25. The third-order valence-corrected chi connectivity index (χ3v) is 5.35. The fourth-order valence-corrected chi connectivity index (χ4v) is 3.58. The second kappa shape index (κ2) is 5.81. The minimum absolute atomic E-state index is 0.0467. The Morgan fingerprint density at radius 3 is 2.65 bits per heavy atom. The number of fused-ring (bicyclic) bond motifs is 1. The van der Waals surface area contributed by atoms with Gasteiger partial charge in [-0.05, 0) is 43.5 Å². The predicted octanol–water partition coefficient (Wildman–Crippen LogP) is 1.63. The molecule has 23 heavy (non-hydrogen) atoms. The van der Waals surface area contributed by atoms with Gasteiger partial charge in [-0.1, -0.05) is 0 Å². The summed E-state index contributed by atoms with van der Waals surface area (Å²) in [5.41, 5.74) is 2.68. The lowest BCUT2D eigenvalue weighted by Gasteiger charge is -2.23. The molecule has 0 saturated carbocycles. The highest BCUT2D eigenvalue weighted by molar-refractivity contribution is 7.90. The summed E-state index contributed by atoms with van der Waals surface area (Å²) in [6.07, 6.45) is 5.82. The van der Waals surface area contributed by atoms with Crippen molar-refractivity contribution in [1.29, 1.82) is 0 Å². The lowest BCUT2D eigenvalue weighted by molar-refractivity contribution is 0.0932. The number of amides is 1. The van der Waals surface area contributed by atoms with E-state index in [0.29, 0.717) is 5.56 Å². The number of aryl methyl sites for hydroxylation is 1. The van der Waals surface area contributed by atoms with Gasteiger partial charge in [-0.15, -0.1) is 0 Å². The molecule has 0 saturated heterocycles. The summed E-state index contributed by atoms with van der Waals surface area (Å²) in [7, 11) is -1.34. The Morgan fingerprint density at radius 2 is 2.00 bits per heavy atom. The quantitative estimate of drug-likeness (QED) is 0.926. The maximum absolute atomic E-state index is 12.4. The van der Waals surface area contributed by atoms with Gasteiger partial charge in [-0.2, -0.15) is 5.10 Å². The molecule has 6 nitrogen and oxygen atoms in total. The normalized spacial score (nSPS) is 17.6. The monoisotopic (exact) mass is 333 g/mol. The summed E-state index contributed by atoms with van der Waals surface area (Å²) in [5, 5.41) is 7.29. The maximum Gasteiger partial charge on any atom is 0.251 e. The molecule has 3 rings (SSSR count). The Bertz CT molecular complexity index is 838. The second-order valence-electron chi connectivity index (χ2n) is 5.89. The lowest BCUT2D eigenvalue weighted by Crippen LogP contribution is -2.30. The third kappa shape index (κ3) is 3.14. The van der Waals surface area contributed by atoms with Gasteiger partial charge in [-0.3, -0.25) is 9.48 Å². The van der Waals surface area contributed by atoms with E-state index >= 15 is 0 Å². The van der Waals surface area contributed by atoms with Crippen molar-refractivity contribution in [3.8, 4) is 0 Å². The van der Waals surface area contributed by atoms with E-state index in [-0.39, 0.29) is 16.8 Å². The van der Waals surface area contributed by atoms with Gasteiger partial charge < -0.3 is 5.32 Å². The minimum Gasteiger partial charge on any atom is -0.345 e. The number of nitrogens with one attached hydrogen (secondary N) is 1. The first-order valence-electron chi connectivity index (χ1n) is 7.48. The Labute approximate surface area is 135 Å². The van der Waals surface area contributed by atoms with Crippen LogP contribution in [0.5, 0.6) is 0 Å². The molecule has 1 N–H and O–H groups in total. The number of hydrogen-bond donors (Lipinski definition) is 1. The Morgan fingerprint density at radius 1 is 1.30 bits per heavy atom.